The molecule has 0 saturated heterocycles. The van der Waals surface area contributed by atoms with Crippen molar-refractivity contribution in [3.8, 4) is 0 Å². The molecule has 0 spiro atoms. The van der Waals surface area contributed by atoms with Crippen LogP contribution in [-0.2, 0) is 6.42 Å². The zero-order chi connectivity index (χ0) is 12.8. The van der Waals surface area contributed by atoms with Crippen molar-refractivity contribution in [2.75, 3.05) is 0 Å². The van der Waals surface area contributed by atoms with Crippen molar-refractivity contribution in [3.63, 3.8) is 0 Å². The smallest absolute Gasteiger partial charge is 0.243 e. The average molecular weight is 255 g/mol. The van der Waals surface area contributed by atoms with Crippen LogP contribution in [0, 0.1) is 5.92 Å². The van der Waals surface area contributed by atoms with Crippen LogP contribution in [0.2, 0.25) is 0 Å². The molecule has 1 aromatic heterocycles. The number of benzene rings is 1. The van der Waals surface area contributed by atoms with Gasteiger partial charge in [-0.25, -0.2) is 0 Å². The molecule has 19 heavy (non-hydrogen) atoms. The lowest BCUT2D eigenvalue weighted by molar-refractivity contribution is 0.339. The second-order valence-corrected chi connectivity index (χ2v) is 5.64. The van der Waals surface area contributed by atoms with Crippen LogP contribution in [0.4, 0.5) is 0 Å². The highest BCUT2D eigenvalue weighted by Gasteiger charge is 2.34. The van der Waals surface area contributed by atoms with E-state index in [0.717, 1.165) is 18.7 Å². The molecule has 4 rings (SSSR count). The van der Waals surface area contributed by atoms with Crippen LogP contribution < -0.4 is 5.73 Å². The highest BCUT2D eigenvalue weighted by molar-refractivity contribution is 5.38. The quantitative estimate of drug-likeness (QED) is 0.915. The first-order valence-electron chi connectivity index (χ1n) is 7.00. The number of rotatable bonds is 3. The Balaban J connectivity index is 1.63. The summed E-state index contributed by atoms with van der Waals surface area (Å²) >= 11 is 0. The maximum absolute atomic E-state index is 6.11. The summed E-state index contributed by atoms with van der Waals surface area (Å²) in [5.74, 6) is 2.24. The molecule has 1 fully saturated rings. The first kappa shape index (κ1) is 11.2. The SMILES string of the molecule is NC(c1nc(C2CCc3ccccc32)no1)C1CC1. The van der Waals surface area contributed by atoms with Gasteiger partial charge in [-0.1, -0.05) is 29.4 Å². The van der Waals surface area contributed by atoms with Gasteiger partial charge in [-0.2, -0.15) is 4.98 Å². The summed E-state index contributed by atoms with van der Waals surface area (Å²) in [7, 11) is 0. The van der Waals surface area contributed by atoms with Crippen molar-refractivity contribution in [3.05, 3.63) is 47.1 Å². The molecule has 2 atom stereocenters. The van der Waals surface area contributed by atoms with E-state index in [1.165, 1.54) is 24.0 Å². The monoisotopic (exact) mass is 255 g/mol. The highest BCUT2D eigenvalue weighted by Crippen LogP contribution is 2.40. The van der Waals surface area contributed by atoms with Crippen LogP contribution in [0.15, 0.2) is 28.8 Å². The van der Waals surface area contributed by atoms with E-state index in [9.17, 15) is 0 Å². The Morgan fingerprint density at radius 3 is 2.89 bits per heavy atom. The van der Waals surface area contributed by atoms with E-state index in [0.29, 0.717) is 11.8 Å². The molecular formula is C15H17N3O. The van der Waals surface area contributed by atoms with Crippen LogP contribution in [0.25, 0.3) is 0 Å². The molecule has 0 amide bonds. The number of fused-ring (bicyclic) bond motifs is 1. The molecule has 2 aliphatic rings. The van der Waals surface area contributed by atoms with E-state index < -0.39 is 0 Å². The van der Waals surface area contributed by atoms with Crippen LogP contribution in [0.5, 0.6) is 0 Å². The Morgan fingerprint density at radius 2 is 2.05 bits per heavy atom. The van der Waals surface area contributed by atoms with Crippen molar-refractivity contribution in [2.24, 2.45) is 11.7 Å². The lowest BCUT2D eigenvalue weighted by atomic mass is 10.0. The van der Waals surface area contributed by atoms with E-state index in [-0.39, 0.29) is 12.0 Å². The van der Waals surface area contributed by atoms with Gasteiger partial charge in [0.25, 0.3) is 0 Å². The third kappa shape index (κ3) is 1.87. The lowest BCUT2D eigenvalue weighted by Crippen LogP contribution is -2.13. The molecule has 1 aromatic carbocycles. The molecule has 98 valence electrons. The molecule has 2 unspecified atom stereocenters. The van der Waals surface area contributed by atoms with Crippen molar-refractivity contribution < 1.29 is 4.52 Å². The minimum Gasteiger partial charge on any atom is -0.338 e. The summed E-state index contributed by atoms with van der Waals surface area (Å²) in [6, 6.07) is 8.45. The third-order valence-electron chi connectivity index (χ3n) is 4.32. The summed E-state index contributed by atoms with van der Waals surface area (Å²) in [4.78, 5) is 4.55. The normalized spacial score (nSPS) is 23.3. The maximum Gasteiger partial charge on any atom is 0.243 e. The van der Waals surface area contributed by atoms with Crippen molar-refractivity contribution in [2.45, 2.75) is 37.6 Å². The van der Waals surface area contributed by atoms with Gasteiger partial charge in [-0.3, -0.25) is 0 Å². The highest BCUT2D eigenvalue weighted by atomic mass is 16.5. The van der Waals surface area contributed by atoms with E-state index in [4.69, 9.17) is 10.3 Å². The molecule has 2 N–H and O–H groups in total. The fourth-order valence-corrected chi connectivity index (χ4v) is 3.01. The Hall–Kier alpha value is -1.68. The molecule has 0 radical (unpaired) electrons. The van der Waals surface area contributed by atoms with Gasteiger partial charge in [0.05, 0.1) is 6.04 Å². The van der Waals surface area contributed by atoms with E-state index in [2.05, 4.69) is 34.4 Å². The Kier molecular flexibility index (Phi) is 2.45. The summed E-state index contributed by atoms with van der Waals surface area (Å²) in [6.07, 6.45) is 4.53. The number of hydrogen-bond donors (Lipinski definition) is 1. The maximum atomic E-state index is 6.11. The van der Waals surface area contributed by atoms with Gasteiger partial charge < -0.3 is 10.3 Å². The van der Waals surface area contributed by atoms with E-state index in [1.54, 1.807) is 0 Å². The van der Waals surface area contributed by atoms with Gasteiger partial charge in [0.1, 0.15) is 0 Å². The average Bonchev–Trinajstić information content (AvgIpc) is 3.01. The first-order chi connectivity index (χ1) is 9.33. The van der Waals surface area contributed by atoms with Gasteiger partial charge in [-0.05, 0) is 42.7 Å². The number of nitrogens with two attached hydrogens (primary N) is 1. The zero-order valence-electron chi connectivity index (χ0n) is 10.7. The molecular weight excluding hydrogens is 238 g/mol. The molecule has 1 heterocycles. The molecule has 0 bridgehead atoms. The minimum atomic E-state index is -0.0714. The fourth-order valence-electron chi connectivity index (χ4n) is 3.01. The molecule has 2 aliphatic carbocycles. The second-order valence-electron chi connectivity index (χ2n) is 5.64. The first-order valence-corrected chi connectivity index (χ1v) is 7.00. The number of nitrogens with zero attached hydrogens (tertiary/aromatic N) is 2. The van der Waals surface area contributed by atoms with Gasteiger partial charge in [-0.15, -0.1) is 0 Å². The van der Waals surface area contributed by atoms with Crippen LogP contribution in [0.3, 0.4) is 0 Å². The van der Waals surface area contributed by atoms with Crippen LogP contribution in [-0.4, -0.2) is 10.1 Å². The Labute approximate surface area is 112 Å². The van der Waals surface area contributed by atoms with Crippen molar-refractivity contribution in [1.29, 1.82) is 0 Å². The van der Waals surface area contributed by atoms with E-state index >= 15 is 0 Å². The topological polar surface area (TPSA) is 64.9 Å². The van der Waals surface area contributed by atoms with Gasteiger partial charge >= 0.3 is 0 Å². The van der Waals surface area contributed by atoms with Gasteiger partial charge in [0.15, 0.2) is 5.82 Å². The largest absolute Gasteiger partial charge is 0.338 e. The Morgan fingerprint density at radius 1 is 1.21 bits per heavy atom. The second kappa shape index (κ2) is 4.17. The number of aryl methyl sites for hydroxylation is 1. The van der Waals surface area contributed by atoms with E-state index in [1.807, 2.05) is 0 Å². The minimum absolute atomic E-state index is 0.0714. The van der Waals surface area contributed by atoms with Gasteiger partial charge in [0.2, 0.25) is 5.89 Å². The fraction of sp³-hybridized carbons (Fsp3) is 0.467. The standard InChI is InChI=1S/C15H17N3O/c16-13(10-5-6-10)15-17-14(18-19-15)12-8-7-9-3-1-2-4-11(9)12/h1-4,10,12-13H,5-8,16H2. The molecule has 0 aliphatic heterocycles. The third-order valence-corrected chi connectivity index (χ3v) is 4.32. The summed E-state index contributed by atoms with van der Waals surface area (Å²) in [5.41, 5.74) is 8.86. The van der Waals surface area contributed by atoms with Crippen molar-refractivity contribution >= 4 is 0 Å². The summed E-state index contributed by atoms with van der Waals surface area (Å²) in [5, 5.41) is 4.16. The summed E-state index contributed by atoms with van der Waals surface area (Å²) < 4.78 is 5.37. The molecule has 4 nitrogen and oxygen atoms in total. The Bertz CT molecular complexity index is 603. The number of hydrogen-bond acceptors (Lipinski definition) is 4. The molecule has 1 saturated carbocycles. The molecule has 4 heteroatoms. The predicted octanol–water partition coefficient (Wildman–Crippen LogP) is 2.56. The lowest BCUT2D eigenvalue weighted by Gasteiger charge is -2.06. The van der Waals surface area contributed by atoms with Crippen LogP contribution >= 0.6 is 0 Å². The summed E-state index contributed by atoms with van der Waals surface area (Å²) in [6.45, 7) is 0. The number of aromatic nitrogens is 2. The van der Waals surface area contributed by atoms with Crippen molar-refractivity contribution in [1.82, 2.24) is 10.1 Å². The zero-order valence-corrected chi connectivity index (χ0v) is 10.7. The van der Waals surface area contributed by atoms with Crippen LogP contribution in [0.1, 0.15) is 54.1 Å². The predicted molar refractivity (Wildman–Crippen MR) is 70.6 cm³/mol. The van der Waals surface area contributed by atoms with Gasteiger partial charge in [0, 0.05) is 5.92 Å². The molecule has 2 aromatic rings.